The van der Waals surface area contributed by atoms with Gasteiger partial charge in [-0.25, -0.2) is 12.8 Å². The quantitative estimate of drug-likeness (QED) is 0.850. The molecule has 0 amide bonds. The van der Waals surface area contributed by atoms with Crippen molar-refractivity contribution >= 4 is 9.84 Å². The van der Waals surface area contributed by atoms with Gasteiger partial charge in [-0.05, 0) is 32.0 Å². The van der Waals surface area contributed by atoms with Gasteiger partial charge in [-0.3, -0.25) is 0 Å². The van der Waals surface area contributed by atoms with Gasteiger partial charge in [0.25, 0.3) is 0 Å². The molecule has 0 bridgehead atoms. The van der Waals surface area contributed by atoms with Crippen molar-refractivity contribution in [3.8, 4) is 0 Å². The van der Waals surface area contributed by atoms with Crippen LogP contribution in [0.15, 0.2) is 29.2 Å². The maximum Gasteiger partial charge on any atom is 0.183 e. The van der Waals surface area contributed by atoms with Crippen molar-refractivity contribution in [2.24, 2.45) is 5.73 Å². The number of hydrogen-bond donors (Lipinski definition) is 1. The summed E-state index contributed by atoms with van der Waals surface area (Å²) in [5.41, 5.74) is 5.28. The lowest BCUT2D eigenvalue weighted by atomic mass is 10.3. The number of benzene rings is 1. The van der Waals surface area contributed by atoms with Crippen molar-refractivity contribution in [1.82, 2.24) is 0 Å². The lowest BCUT2D eigenvalue weighted by molar-refractivity contribution is 0.555. The summed E-state index contributed by atoms with van der Waals surface area (Å²) in [7, 11) is -3.59. The van der Waals surface area contributed by atoms with Crippen molar-refractivity contribution in [2.45, 2.75) is 23.5 Å². The van der Waals surface area contributed by atoms with Crippen LogP contribution in [0.3, 0.4) is 0 Å². The lowest BCUT2D eigenvalue weighted by Crippen LogP contribution is -2.22. The second-order valence-electron chi connectivity index (χ2n) is 3.36. The number of halogens is 1. The summed E-state index contributed by atoms with van der Waals surface area (Å²) in [5.74, 6) is -0.707. The van der Waals surface area contributed by atoms with E-state index >= 15 is 0 Å². The molecule has 0 spiro atoms. The van der Waals surface area contributed by atoms with E-state index in [2.05, 4.69) is 0 Å². The SMILES string of the molecule is CC(CCN)S(=O)(=O)c1ccccc1F. The third kappa shape index (κ3) is 2.54. The predicted molar refractivity (Wildman–Crippen MR) is 56.7 cm³/mol. The molecule has 0 fully saturated rings. The van der Waals surface area contributed by atoms with Crippen LogP contribution < -0.4 is 5.73 Å². The van der Waals surface area contributed by atoms with E-state index in [0.29, 0.717) is 6.42 Å². The van der Waals surface area contributed by atoms with E-state index in [1.165, 1.54) is 25.1 Å². The first-order chi connectivity index (χ1) is 7.00. The molecule has 0 saturated heterocycles. The third-order valence-corrected chi connectivity index (χ3v) is 4.49. The van der Waals surface area contributed by atoms with E-state index in [4.69, 9.17) is 5.73 Å². The molecule has 0 aromatic heterocycles. The zero-order chi connectivity index (χ0) is 11.5. The molecule has 0 heterocycles. The number of nitrogens with two attached hydrogens (primary N) is 1. The van der Waals surface area contributed by atoms with E-state index in [0.717, 1.165) is 6.07 Å². The Kier molecular flexibility index (Phi) is 3.82. The summed E-state index contributed by atoms with van der Waals surface area (Å²) >= 11 is 0. The number of hydrogen-bond acceptors (Lipinski definition) is 3. The predicted octanol–water partition coefficient (Wildman–Crippen LogP) is 1.34. The van der Waals surface area contributed by atoms with Crippen LogP contribution in [0, 0.1) is 5.82 Å². The van der Waals surface area contributed by atoms with E-state index in [1.807, 2.05) is 0 Å². The molecule has 0 saturated carbocycles. The minimum absolute atomic E-state index is 0.244. The average molecular weight is 231 g/mol. The van der Waals surface area contributed by atoms with Gasteiger partial charge in [-0.2, -0.15) is 0 Å². The minimum Gasteiger partial charge on any atom is -0.330 e. The van der Waals surface area contributed by atoms with E-state index in [1.54, 1.807) is 0 Å². The first kappa shape index (κ1) is 12.1. The van der Waals surface area contributed by atoms with E-state index in [9.17, 15) is 12.8 Å². The van der Waals surface area contributed by atoms with Crippen molar-refractivity contribution in [2.75, 3.05) is 6.54 Å². The molecular weight excluding hydrogens is 217 g/mol. The highest BCUT2D eigenvalue weighted by molar-refractivity contribution is 7.92. The van der Waals surface area contributed by atoms with Crippen molar-refractivity contribution in [3.05, 3.63) is 30.1 Å². The molecule has 2 N–H and O–H groups in total. The molecular formula is C10H14FNO2S. The van der Waals surface area contributed by atoms with Gasteiger partial charge < -0.3 is 5.73 Å². The summed E-state index contributed by atoms with van der Waals surface area (Å²) in [6.45, 7) is 1.81. The van der Waals surface area contributed by atoms with Crippen LogP contribution in [0.25, 0.3) is 0 Å². The first-order valence-corrected chi connectivity index (χ1v) is 6.23. The van der Waals surface area contributed by atoms with E-state index in [-0.39, 0.29) is 11.4 Å². The van der Waals surface area contributed by atoms with Gasteiger partial charge in [0, 0.05) is 0 Å². The highest BCUT2D eigenvalue weighted by Gasteiger charge is 2.25. The molecule has 1 aromatic rings. The fourth-order valence-electron chi connectivity index (χ4n) is 1.28. The zero-order valence-electron chi connectivity index (χ0n) is 8.48. The largest absolute Gasteiger partial charge is 0.330 e. The van der Waals surface area contributed by atoms with Gasteiger partial charge in [-0.15, -0.1) is 0 Å². The lowest BCUT2D eigenvalue weighted by Gasteiger charge is -2.12. The molecule has 0 aliphatic heterocycles. The molecule has 1 atom stereocenters. The Morgan fingerprint density at radius 1 is 1.40 bits per heavy atom. The number of sulfone groups is 1. The van der Waals surface area contributed by atoms with Crippen LogP contribution in [0.2, 0.25) is 0 Å². The van der Waals surface area contributed by atoms with Gasteiger partial charge in [0.15, 0.2) is 9.84 Å². The Bertz CT molecular complexity index is 431. The fraction of sp³-hybridized carbons (Fsp3) is 0.400. The topological polar surface area (TPSA) is 60.2 Å². The molecule has 3 nitrogen and oxygen atoms in total. The summed E-state index contributed by atoms with van der Waals surface area (Å²) in [5, 5.41) is -0.653. The molecule has 1 aromatic carbocycles. The second-order valence-corrected chi connectivity index (χ2v) is 5.70. The molecule has 1 rings (SSSR count). The van der Waals surface area contributed by atoms with Crippen LogP contribution in [-0.4, -0.2) is 20.2 Å². The third-order valence-electron chi connectivity index (χ3n) is 2.25. The van der Waals surface area contributed by atoms with Gasteiger partial charge in [0.05, 0.1) is 5.25 Å². The summed E-state index contributed by atoms with van der Waals surface area (Å²) < 4.78 is 37.0. The Morgan fingerprint density at radius 3 is 2.53 bits per heavy atom. The zero-order valence-corrected chi connectivity index (χ0v) is 9.30. The molecule has 84 valence electrons. The maximum absolute atomic E-state index is 13.3. The highest BCUT2D eigenvalue weighted by atomic mass is 32.2. The highest BCUT2D eigenvalue weighted by Crippen LogP contribution is 2.20. The molecule has 0 aliphatic carbocycles. The molecule has 5 heteroatoms. The van der Waals surface area contributed by atoms with Gasteiger partial charge in [0.2, 0.25) is 0 Å². The first-order valence-electron chi connectivity index (χ1n) is 4.68. The minimum atomic E-state index is -3.59. The second kappa shape index (κ2) is 4.72. The van der Waals surface area contributed by atoms with Crippen LogP contribution in [0.1, 0.15) is 13.3 Å². The summed E-state index contributed by atoms with van der Waals surface area (Å²) in [6.07, 6.45) is 0.330. The van der Waals surface area contributed by atoms with Gasteiger partial charge >= 0.3 is 0 Å². The van der Waals surface area contributed by atoms with Crippen molar-refractivity contribution in [1.29, 1.82) is 0 Å². The van der Waals surface area contributed by atoms with E-state index < -0.39 is 20.9 Å². The summed E-state index contributed by atoms with van der Waals surface area (Å²) in [4.78, 5) is -0.244. The van der Waals surface area contributed by atoms with Crippen LogP contribution in [0.4, 0.5) is 4.39 Å². The number of rotatable bonds is 4. The Morgan fingerprint density at radius 2 is 2.00 bits per heavy atom. The van der Waals surface area contributed by atoms with Gasteiger partial charge in [0.1, 0.15) is 10.7 Å². The maximum atomic E-state index is 13.3. The molecule has 0 radical (unpaired) electrons. The van der Waals surface area contributed by atoms with Crippen molar-refractivity contribution < 1.29 is 12.8 Å². The van der Waals surface area contributed by atoms with Crippen LogP contribution >= 0.6 is 0 Å². The Hall–Kier alpha value is -0.940. The average Bonchev–Trinajstić information content (AvgIpc) is 2.18. The molecule has 0 aliphatic rings. The smallest absolute Gasteiger partial charge is 0.183 e. The van der Waals surface area contributed by atoms with Crippen LogP contribution in [0.5, 0.6) is 0 Å². The monoisotopic (exact) mass is 231 g/mol. The Balaban J connectivity index is 3.12. The molecule has 15 heavy (non-hydrogen) atoms. The van der Waals surface area contributed by atoms with Crippen molar-refractivity contribution in [3.63, 3.8) is 0 Å². The summed E-state index contributed by atoms with van der Waals surface area (Å²) in [6, 6.07) is 5.38. The normalized spacial score (nSPS) is 13.8. The van der Waals surface area contributed by atoms with Crippen LogP contribution in [-0.2, 0) is 9.84 Å². The standard InChI is InChI=1S/C10H14FNO2S/c1-8(6-7-12)15(13,14)10-5-3-2-4-9(10)11/h2-5,8H,6-7,12H2,1H3. The van der Waals surface area contributed by atoms with Gasteiger partial charge in [-0.1, -0.05) is 12.1 Å². The Labute approximate surface area is 89.0 Å². The molecule has 1 unspecified atom stereocenters. The fourth-order valence-corrected chi connectivity index (χ4v) is 2.77.